The van der Waals surface area contributed by atoms with Crippen LogP contribution in [-0.2, 0) is 35.6 Å². The van der Waals surface area contributed by atoms with Crippen LogP contribution in [0, 0.1) is 5.92 Å². The van der Waals surface area contributed by atoms with Gasteiger partial charge in [-0.15, -0.1) is 6.58 Å². The van der Waals surface area contributed by atoms with Crippen molar-refractivity contribution in [3.8, 4) is 17.0 Å². The summed E-state index contributed by atoms with van der Waals surface area (Å²) in [4.78, 5) is 61.6. The number of ether oxygens (including phenoxy) is 2. The molecule has 3 fully saturated rings. The summed E-state index contributed by atoms with van der Waals surface area (Å²) in [6.45, 7) is 4.21. The molecule has 0 spiro atoms. The Morgan fingerprint density at radius 1 is 1.09 bits per heavy atom. The lowest BCUT2D eigenvalue weighted by atomic mass is 10.0. The van der Waals surface area contributed by atoms with Gasteiger partial charge in [-0.2, -0.15) is 0 Å². The van der Waals surface area contributed by atoms with Crippen LogP contribution < -0.4 is 25.8 Å². The van der Waals surface area contributed by atoms with E-state index >= 15 is 0 Å². The molecule has 2 aromatic carbocycles. The van der Waals surface area contributed by atoms with Gasteiger partial charge in [0.25, 0.3) is 5.91 Å². The average Bonchev–Trinajstić information content (AvgIpc) is 4.11. The molecule has 4 amide bonds. The van der Waals surface area contributed by atoms with Crippen molar-refractivity contribution in [1.82, 2.24) is 25.2 Å². The van der Waals surface area contributed by atoms with Crippen molar-refractivity contribution in [3.05, 3.63) is 72.8 Å². The van der Waals surface area contributed by atoms with Crippen molar-refractivity contribution in [2.75, 3.05) is 19.7 Å². The van der Waals surface area contributed by atoms with Crippen molar-refractivity contribution in [2.24, 2.45) is 11.7 Å². The number of sulfonamides is 1. The molecule has 3 aromatic rings. The quantitative estimate of drug-likeness (QED) is 0.221. The summed E-state index contributed by atoms with van der Waals surface area (Å²) in [5.41, 5.74) is 7.66. The van der Waals surface area contributed by atoms with Gasteiger partial charge < -0.3 is 30.7 Å². The lowest BCUT2D eigenvalue weighted by Gasteiger charge is -2.29. The summed E-state index contributed by atoms with van der Waals surface area (Å²) in [5.74, 6) is -2.00. The predicted molar refractivity (Wildman–Crippen MR) is 205 cm³/mol. The van der Waals surface area contributed by atoms with E-state index < -0.39 is 68.7 Å². The fourth-order valence-electron chi connectivity index (χ4n) is 7.56. The molecule has 1 aromatic heterocycles. The van der Waals surface area contributed by atoms with Crippen molar-refractivity contribution in [2.45, 2.75) is 93.2 Å². The first-order chi connectivity index (χ1) is 26.5. The molecule has 1 saturated heterocycles. The van der Waals surface area contributed by atoms with Crippen molar-refractivity contribution >= 4 is 44.7 Å². The molecule has 2 aliphatic carbocycles. The second-order valence-corrected chi connectivity index (χ2v) is 16.9. The minimum absolute atomic E-state index is 0.0168. The van der Waals surface area contributed by atoms with Crippen LogP contribution in [0.2, 0.25) is 0 Å². The molecule has 7 rings (SSSR count). The number of aromatic nitrogens is 1. The molecular weight excluding hydrogens is 725 g/mol. The lowest BCUT2D eigenvalue weighted by molar-refractivity contribution is -0.141. The lowest BCUT2D eigenvalue weighted by Crippen LogP contribution is -2.58. The Balaban J connectivity index is 1.24. The topological polar surface area (TPSA) is 199 Å². The molecule has 2 saturated carbocycles. The van der Waals surface area contributed by atoms with Gasteiger partial charge in [0.15, 0.2) is 0 Å². The number of nitrogens with zero attached hydrogens (tertiary/aromatic N) is 2. The SMILES string of the molecule is C=C[C@H]1C[C@]1(NC(=O)[C@@H]1C[C@@H]2CN1C(=O)[C@H](CCCN)NC(=O)OCCCCCc1ccc3nc(-c4ccccc4)cc(c3c1)O2)C(=O)NS(=O)(=O)C1CC1. The van der Waals surface area contributed by atoms with Crippen LogP contribution >= 0.6 is 0 Å². The van der Waals surface area contributed by atoms with Gasteiger partial charge in [-0.3, -0.25) is 19.1 Å². The number of aryl methyl sites for hydroxylation is 1. The Labute approximate surface area is 320 Å². The first-order valence-electron chi connectivity index (χ1n) is 19.1. The number of hydrogen-bond donors (Lipinski definition) is 4. The van der Waals surface area contributed by atoms with Crippen molar-refractivity contribution in [1.29, 1.82) is 0 Å². The Morgan fingerprint density at radius 2 is 1.89 bits per heavy atom. The first kappa shape index (κ1) is 38.3. The molecule has 4 aliphatic rings. The van der Waals surface area contributed by atoms with E-state index in [1.165, 1.54) is 11.0 Å². The van der Waals surface area contributed by atoms with Crippen LogP contribution in [0.1, 0.15) is 63.4 Å². The van der Waals surface area contributed by atoms with Gasteiger partial charge in [0.05, 0.1) is 29.6 Å². The Hall–Kier alpha value is -5.02. The molecule has 3 heterocycles. The summed E-state index contributed by atoms with van der Waals surface area (Å²) >= 11 is 0. The minimum Gasteiger partial charge on any atom is -0.488 e. The average molecular weight is 773 g/mol. The number of hydrogen-bond acceptors (Lipinski definition) is 10. The summed E-state index contributed by atoms with van der Waals surface area (Å²) in [6.07, 6.45) is 4.92. The first-order valence-corrected chi connectivity index (χ1v) is 20.7. The third-order valence-corrected chi connectivity index (χ3v) is 12.7. The number of cyclic esters (lactones) is 1. The maximum atomic E-state index is 14.4. The van der Waals surface area contributed by atoms with E-state index in [4.69, 9.17) is 20.2 Å². The van der Waals surface area contributed by atoms with E-state index in [1.54, 1.807) is 0 Å². The number of benzene rings is 2. The molecule has 55 heavy (non-hydrogen) atoms. The molecule has 0 radical (unpaired) electrons. The smallest absolute Gasteiger partial charge is 0.407 e. The number of fused-ring (bicyclic) bond motifs is 3. The molecule has 5 N–H and O–H groups in total. The Morgan fingerprint density at radius 3 is 2.62 bits per heavy atom. The predicted octanol–water partition coefficient (Wildman–Crippen LogP) is 3.48. The van der Waals surface area contributed by atoms with Gasteiger partial charge in [0, 0.05) is 29.4 Å². The van der Waals surface area contributed by atoms with Crippen LogP contribution in [0.3, 0.4) is 0 Å². The highest BCUT2D eigenvalue weighted by Crippen LogP contribution is 2.45. The number of rotatable bonds is 10. The number of carbonyl (C=O) groups excluding carboxylic acids is 4. The van der Waals surface area contributed by atoms with Gasteiger partial charge in [-0.1, -0.05) is 42.5 Å². The third kappa shape index (κ3) is 8.47. The number of amides is 4. The molecule has 4 bridgehead atoms. The number of nitrogens with two attached hydrogens (primary N) is 1. The Bertz CT molecular complexity index is 2080. The van der Waals surface area contributed by atoms with E-state index in [-0.39, 0.29) is 39.0 Å². The fourth-order valence-corrected chi connectivity index (χ4v) is 8.93. The summed E-state index contributed by atoms with van der Waals surface area (Å²) < 4.78 is 39.9. The highest BCUT2D eigenvalue weighted by Gasteiger charge is 2.62. The zero-order valence-electron chi connectivity index (χ0n) is 30.7. The van der Waals surface area contributed by atoms with E-state index in [9.17, 15) is 27.6 Å². The maximum Gasteiger partial charge on any atom is 0.407 e. The van der Waals surface area contributed by atoms with Crippen LogP contribution in [0.4, 0.5) is 4.79 Å². The van der Waals surface area contributed by atoms with E-state index in [0.717, 1.165) is 41.3 Å². The van der Waals surface area contributed by atoms with Gasteiger partial charge in [0.1, 0.15) is 29.5 Å². The second kappa shape index (κ2) is 16.0. The van der Waals surface area contributed by atoms with Crippen LogP contribution in [-0.4, -0.2) is 90.8 Å². The highest BCUT2D eigenvalue weighted by molar-refractivity contribution is 7.91. The highest BCUT2D eigenvalue weighted by atomic mass is 32.2. The molecular formula is C40H48N6O8S. The summed E-state index contributed by atoms with van der Waals surface area (Å²) in [7, 11) is -3.90. The number of alkyl carbamates (subject to hydrolysis) is 1. The minimum atomic E-state index is -3.90. The molecule has 292 valence electrons. The molecule has 2 aliphatic heterocycles. The maximum absolute atomic E-state index is 14.4. The van der Waals surface area contributed by atoms with Gasteiger partial charge >= 0.3 is 6.09 Å². The third-order valence-electron chi connectivity index (χ3n) is 10.9. The van der Waals surface area contributed by atoms with Gasteiger partial charge in [0.2, 0.25) is 21.8 Å². The largest absolute Gasteiger partial charge is 0.488 e. The van der Waals surface area contributed by atoms with E-state index in [2.05, 4.69) is 28.0 Å². The zero-order valence-corrected chi connectivity index (χ0v) is 31.5. The van der Waals surface area contributed by atoms with E-state index in [0.29, 0.717) is 37.1 Å². The van der Waals surface area contributed by atoms with Crippen molar-refractivity contribution in [3.63, 3.8) is 0 Å². The van der Waals surface area contributed by atoms with Crippen molar-refractivity contribution < 1.29 is 37.1 Å². The van der Waals surface area contributed by atoms with Crippen LogP contribution in [0.5, 0.6) is 5.75 Å². The molecule has 14 nitrogen and oxygen atoms in total. The number of carbonyl (C=O) groups is 4. The van der Waals surface area contributed by atoms with Gasteiger partial charge in [-0.25, -0.2) is 18.2 Å². The monoisotopic (exact) mass is 772 g/mol. The standard InChI is InChI=1S/C40H48N6O8S/c1-2-27-23-40(27,38(49)45-55(51,52)29-15-16-29)44-36(47)34-21-28-24-46(34)37(48)32(13-9-18-41)43-39(50)53-19-8-4-5-10-25-14-17-31-30(20-25)35(54-28)22-33(42-31)26-11-6-3-7-12-26/h2-3,6-7,11-12,14,17,20,22,27-29,32,34H,1,4-5,8-10,13,15-16,18-19,21,23-24,41H2,(H,43,50)(H,44,47)(H,45,49)/t27-,28+,32-,34-,40+/m0/s1. The summed E-state index contributed by atoms with van der Waals surface area (Å²) in [5, 5.41) is 5.66. The fraction of sp³-hybridized carbons (Fsp3) is 0.475. The van der Waals surface area contributed by atoms with Crippen LogP contribution in [0.25, 0.3) is 22.2 Å². The number of nitrogens with one attached hydrogen (secondary N) is 3. The molecule has 15 heteroatoms. The Kier molecular flexibility index (Phi) is 11.1. The normalized spacial score (nSPS) is 25.9. The second-order valence-electron chi connectivity index (χ2n) is 15.0. The number of pyridine rings is 1. The molecule has 5 atom stereocenters. The summed E-state index contributed by atoms with van der Waals surface area (Å²) in [6, 6.07) is 15.5. The van der Waals surface area contributed by atoms with Crippen LogP contribution in [0.15, 0.2) is 67.3 Å². The van der Waals surface area contributed by atoms with Gasteiger partial charge in [-0.05, 0) is 82.0 Å². The molecule has 0 unspecified atom stereocenters. The zero-order chi connectivity index (χ0) is 38.7. The van der Waals surface area contributed by atoms with E-state index in [1.807, 2.05) is 48.5 Å².